The molecule has 0 unspecified atom stereocenters. The quantitative estimate of drug-likeness (QED) is 0.831. The molecule has 0 fully saturated rings. The van der Waals surface area contributed by atoms with Crippen LogP contribution in [0.25, 0.3) is 0 Å². The second-order valence-corrected chi connectivity index (χ2v) is 5.79. The smallest absolute Gasteiger partial charge is 0.159 e. The van der Waals surface area contributed by atoms with E-state index in [9.17, 15) is 4.79 Å². The monoisotopic (exact) mass is 284 g/mol. The van der Waals surface area contributed by atoms with Crippen molar-refractivity contribution in [1.29, 1.82) is 0 Å². The van der Waals surface area contributed by atoms with E-state index in [4.69, 9.17) is 4.74 Å². The van der Waals surface area contributed by atoms with Crippen molar-refractivity contribution >= 4 is 17.1 Å². The zero-order valence-corrected chi connectivity index (χ0v) is 12.3. The van der Waals surface area contributed by atoms with Gasteiger partial charge >= 0.3 is 0 Å². The summed E-state index contributed by atoms with van der Waals surface area (Å²) in [6.45, 7) is 3.51. The Morgan fingerprint density at radius 1 is 1.15 bits per heavy atom. The highest BCUT2D eigenvalue weighted by Crippen LogP contribution is 2.47. The van der Waals surface area contributed by atoms with Crippen molar-refractivity contribution in [3.8, 4) is 0 Å². The Labute approximate surface area is 122 Å². The minimum Gasteiger partial charge on any atom is -0.489 e. The number of carbonyl (C=O) groups is 1. The predicted octanol–water partition coefficient (Wildman–Crippen LogP) is 4.47. The van der Waals surface area contributed by atoms with Crippen LogP contribution >= 0.6 is 11.3 Å². The van der Waals surface area contributed by atoms with Gasteiger partial charge in [0.15, 0.2) is 5.78 Å². The summed E-state index contributed by atoms with van der Waals surface area (Å²) in [5.41, 5.74) is 3.07. The predicted molar refractivity (Wildman–Crippen MR) is 80.7 cm³/mol. The third-order valence-corrected chi connectivity index (χ3v) is 4.41. The molecule has 102 valence electrons. The van der Waals surface area contributed by atoms with Crippen molar-refractivity contribution < 1.29 is 9.53 Å². The maximum atomic E-state index is 12.0. The van der Waals surface area contributed by atoms with Gasteiger partial charge in [-0.1, -0.05) is 30.3 Å². The van der Waals surface area contributed by atoms with E-state index in [0.717, 1.165) is 22.5 Å². The van der Waals surface area contributed by atoms with E-state index in [1.165, 1.54) is 0 Å². The van der Waals surface area contributed by atoms with Crippen molar-refractivity contribution in [2.24, 2.45) is 0 Å². The standard InChI is InChI=1S/C17H16O2S/c1-11(18)15-12(2)19-17(14-8-9-20-10-14)16(15)13-6-4-3-5-7-13/h3-10,16-17H,1-2H3/t16-,17-/m0/s1. The van der Waals surface area contributed by atoms with Crippen LogP contribution in [0.3, 0.4) is 0 Å². The molecule has 0 spiro atoms. The fraction of sp³-hybridized carbons (Fsp3) is 0.235. The first kappa shape index (κ1) is 13.1. The number of rotatable bonds is 3. The lowest BCUT2D eigenvalue weighted by Crippen LogP contribution is -2.12. The number of hydrogen-bond acceptors (Lipinski definition) is 3. The second-order valence-electron chi connectivity index (χ2n) is 5.01. The van der Waals surface area contributed by atoms with E-state index >= 15 is 0 Å². The summed E-state index contributed by atoms with van der Waals surface area (Å²) in [4.78, 5) is 12.0. The van der Waals surface area contributed by atoms with Gasteiger partial charge in [0.05, 0.1) is 5.92 Å². The SMILES string of the molecule is CC(=O)C1=C(C)O[C@@H](c2ccsc2)[C@H]1c1ccccc1. The van der Waals surface area contributed by atoms with Gasteiger partial charge in [-0.3, -0.25) is 4.79 Å². The van der Waals surface area contributed by atoms with Crippen LogP contribution in [0, 0.1) is 0 Å². The van der Waals surface area contributed by atoms with Crippen molar-refractivity contribution in [1.82, 2.24) is 0 Å². The average molecular weight is 284 g/mol. The second kappa shape index (κ2) is 5.25. The van der Waals surface area contributed by atoms with E-state index < -0.39 is 0 Å². The molecule has 1 aliphatic heterocycles. The minimum absolute atomic E-state index is 0.0108. The topological polar surface area (TPSA) is 26.3 Å². The lowest BCUT2D eigenvalue weighted by molar-refractivity contribution is -0.113. The third-order valence-electron chi connectivity index (χ3n) is 3.71. The Morgan fingerprint density at radius 3 is 2.50 bits per heavy atom. The maximum Gasteiger partial charge on any atom is 0.159 e. The number of Topliss-reactive ketones (excluding diaryl/α,β-unsaturated/α-hetero) is 1. The normalized spacial score (nSPS) is 21.9. The molecule has 2 aromatic rings. The first-order valence-corrected chi connectivity index (χ1v) is 7.58. The molecular weight excluding hydrogens is 268 g/mol. The number of benzene rings is 1. The number of allylic oxidation sites excluding steroid dienone is 1. The van der Waals surface area contributed by atoms with Crippen LogP contribution < -0.4 is 0 Å². The lowest BCUT2D eigenvalue weighted by atomic mass is 9.84. The number of ether oxygens (including phenoxy) is 1. The molecule has 2 nitrogen and oxygen atoms in total. The van der Waals surface area contributed by atoms with Crippen LogP contribution in [0.1, 0.15) is 37.0 Å². The van der Waals surface area contributed by atoms with Crippen molar-refractivity contribution in [2.75, 3.05) is 0 Å². The van der Waals surface area contributed by atoms with Gasteiger partial charge in [0.1, 0.15) is 11.9 Å². The van der Waals surface area contributed by atoms with E-state index in [1.807, 2.05) is 30.5 Å². The fourth-order valence-electron chi connectivity index (χ4n) is 2.86. The molecule has 3 heteroatoms. The van der Waals surface area contributed by atoms with Crippen molar-refractivity contribution in [3.05, 3.63) is 69.6 Å². The molecule has 0 radical (unpaired) electrons. The van der Waals surface area contributed by atoms with E-state index in [0.29, 0.717) is 0 Å². The summed E-state index contributed by atoms with van der Waals surface area (Å²) in [5.74, 6) is 0.833. The number of carbonyl (C=O) groups excluding carboxylic acids is 1. The molecule has 3 rings (SSSR count). The zero-order chi connectivity index (χ0) is 14.1. The Bertz CT molecular complexity index is 641. The van der Waals surface area contributed by atoms with Gasteiger partial charge in [-0.25, -0.2) is 0 Å². The molecule has 0 saturated carbocycles. The number of thiophene rings is 1. The Kier molecular flexibility index (Phi) is 3.45. The third kappa shape index (κ3) is 2.18. The molecule has 20 heavy (non-hydrogen) atoms. The molecule has 1 aliphatic rings. The van der Waals surface area contributed by atoms with Crippen molar-refractivity contribution in [3.63, 3.8) is 0 Å². The van der Waals surface area contributed by atoms with E-state index in [-0.39, 0.29) is 17.8 Å². The van der Waals surface area contributed by atoms with Gasteiger partial charge in [-0.2, -0.15) is 11.3 Å². The van der Waals surface area contributed by atoms with Crippen LogP contribution in [0.4, 0.5) is 0 Å². The molecule has 2 atom stereocenters. The highest BCUT2D eigenvalue weighted by Gasteiger charge is 2.39. The summed E-state index contributed by atoms with van der Waals surface area (Å²) in [6, 6.07) is 12.2. The van der Waals surface area contributed by atoms with Gasteiger partial charge in [0.2, 0.25) is 0 Å². The van der Waals surface area contributed by atoms with Crippen LogP contribution in [-0.2, 0) is 9.53 Å². The van der Waals surface area contributed by atoms with Gasteiger partial charge in [-0.05, 0) is 36.2 Å². The summed E-state index contributed by atoms with van der Waals surface area (Å²) in [6.07, 6.45) is -0.0949. The largest absolute Gasteiger partial charge is 0.489 e. The molecule has 0 amide bonds. The molecule has 0 aliphatic carbocycles. The maximum absolute atomic E-state index is 12.0. The Hall–Kier alpha value is -1.87. The van der Waals surface area contributed by atoms with E-state index in [1.54, 1.807) is 18.3 Å². The van der Waals surface area contributed by atoms with E-state index in [2.05, 4.69) is 23.6 Å². The fourth-order valence-corrected chi connectivity index (χ4v) is 3.54. The van der Waals surface area contributed by atoms with Crippen LogP contribution in [0.5, 0.6) is 0 Å². The van der Waals surface area contributed by atoms with Gasteiger partial charge < -0.3 is 4.74 Å². The van der Waals surface area contributed by atoms with Crippen LogP contribution in [-0.4, -0.2) is 5.78 Å². The first-order valence-electron chi connectivity index (χ1n) is 6.64. The van der Waals surface area contributed by atoms with Gasteiger partial charge in [0, 0.05) is 11.1 Å². The molecule has 2 heterocycles. The van der Waals surface area contributed by atoms with Crippen molar-refractivity contribution in [2.45, 2.75) is 25.9 Å². The molecule has 1 aromatic heterocycles. The lowest BCUT2D eigenvalue weighted by Gasteiger charge is -2.20. The summed E-state index contributed by atoms with van der Waals surface area (Å²) in [5, 5.41) is 4.14. The van der Waals surface area contributed by atoms with Crippen LogP contribution in [0.15, 0.2) is 58.5 Å². The average Bonchev–Trinajstić information content (AvgIpc) is 3.06. The Morgan fingerprint density at radius 2 is 1.90 bits per heavy atom. The van der Waals surface area contributed by atoms with Gasteiger partial charge in [0.25, 0.3) is 0 Å². The number of hydrogen-bond donors (Lipinski definition) is 0. The molecule has 0 N–H and O–H groups in total. The zero-order valence-electron chi connectivity index (χ0n) is 11.5. The van der Waals surface area contributed by atoms with Crippen LogP contribution in [0.2, 0.25) is 0 Å². The molecular formula is C17H16O2S. The summed E-state index contributed by atoms with van der Waals surface area (Å²) < 4.78 is 6.01. The summed E-state index contributed by atoms with van der Waals surface area (Å²) in [7, 11) is 0. The van der Waals surface area contributed by atoms with Gasteiger partial charge in [-0.15, -0.1) is 0 Å². The highest BCUT2D eigenvalue weighted by atomic mass is 32.1. The Balaban J connectivity index is 2.09. The molecule has 1 aromatic carbocycles. The molecule has 0 bridgehead atoms. The summed E-state index contributed by atoms with van der Waals surface area (Å²) >= 11 is 1.65. The minimum atomic E-state index is -0.0949. The molecule has 0 saturated heterocycles. The number of ketones is 1. The first-order chi connectivity index (χ1) is 9.68. The highest BCUT2D eigenvalue weighted by molar-refractivity contribution is 7.07.